The topological polar surface area (TPSA) is 81.1 Å². The van der Waals surface area contributed by atoms with Gasteiger partial charge in [0.05, 0.1) is 16.8 Å². The van der Waals surface area contributed by atoms with Crippen LogP contribution in [0.5, 0.6) is 0 Å². The molecule has 0 amide bonds. The summed E-state index contributed by atoms with van der Waals surface area (Å²) in [5.74, 6) is -0.0111. The molecule has 0 spiro atoms. The Kier molecular flexibility index (Phi) is 5.86. The molecule has 0 fully saturated rings. The minimum Gasteiger partial charge on any atom is -0.284 e. The molecule has 1 aromatic heterocycles. The third-order valence-corrected chi connectivity index (χ3v) is 6.42. The fourth-order valence-corrected chi connectivity index (χ4v) is 4.09. The molecule has 0 bridgehead atoms. The zero-order chi connectivity index (χ0) is 21.8. The van der Waals surface area contributed by atoms with Crippen molar-refractivity contribution in [2.75, 3.05) is 10.5 Å². The zero-order valence-electron chi connectivity index (χ0n) is 17.2. The van der Waals surface area contributed by atoms with E-state index in [4.69, 9.17) is 0 Å². The number of aromatic nitrogens is 2. The van der Waals surface area contributed by atoms with Crippen LogP contribution in [0.3, 0.4) is 0 Å². The van der Waals surface area contributed by atoms with Gasteiger partial charge in [0, 0.05) is 23.2 Å². The van der Waals surface area contributed by atoms with Crippen LogP contribution in [0, 0.1) is 0 Å². The predicted octanol–water partition coefficient (Wildman–Crippen LogP) is 4.07. The molecule has 4 rings (SSSR count). The summed E-state index contributed by atoms with van der Waals surface area (Å²) >= 11 is 0. The van der Waals surface area contributed by atoms with Gasteiger partial charge in [0.1, 0.15) is 0 Å². The van der Waals surface area contributed by atoms with E-state index in [1.54, 1.807) is 31.2 Å². The van der Waals surface area contributed by atoms with Crippen molar-refractivity contribution in [3.8, 4) is 11.3 Å². The van der Waals surface area contributed by atoms with E-state index in [0.717, 1.165) is 16.5 Å². The standard InChI is InChI=1S/C24H23N3O3S/c1-2-31(29,30)26-20-12-8-11-19(17-20)23-21-13-6-7-14-22(21)24(28)27(25-23)16-15-18-9-4-3-5-10-18/h3-14,17,26H,2,15-16H2,1H3. The van der Waals surface area contributed by atoms with Crippen LogP contribution in [0.2, 0.25) is 0 Å². The van der Waals surface area contributed by atoms with Crippen molar-refractivity contribution in [1.29, 1.82) is 0 Å². The molecule has 0 saturated heterocycles. The number of nitrogens with zero attached hydrogens (tertiary/aromatic N) is 2. The van der Waals surface area contributed by atoms with Gasteiger partial charge in [-0.3, -0.25) is 9.52 Å². The Balaban J connectivity index is 1.79. The SMILES string of the molecule is CCS(=O)(=O)Nc1cccc(-c2nn(CCc3ccccc3)c(=O)c3ccccc23)c1. The molecule has 1 heterocycles. The number of fused-ring (bicyclic) bond motifs is 1. The first-order chi connectivity index (χ1) is 15.0. The third kappa shape index (κ3) is 4.67. The Hall–Kier alpha value is -3.45. The molecule has 7 heteroatoms. The molecular formula is C24H23N3O3S. The molecule has 6 nitrogen and oxygen atoms in total. The summed E-state index contributed by atoms with van der Waals surface area (Å²) in [5, 5.41) is 5.99. The summed E-state index contributed by atoms with van der Waals surface area (Å²) in [5.41, 5.74) is 2.83. The van der Waals surface area contributed by atoms with Crippen LogP contribution in [-0.2, 0) is 23.0 Å². The summed E-state index contributed by atoms with van der Waals surface area (Å²) in [6.07, 6.45) is 0.682. The summed E-state index contributed by atoms with van der Waals surface area (Å²) in [6.45, 7) is 2.03. The number of aryl methyl sites for hydroxylation is 2. The lowest BCUT2D eigenvalue weighted by molar-refractivity contribution is 0.587. The third-order valence-electron chi connectivity index (χ3n) is 5.11. The monoisotopic (exact) mass is 433 g/mol. The summed E-state index contributed by atoms with van der Waals surface area (Å²) in [7, 11) is -3.39. The quantitative estimate of drug-likeness (QED) is 0.476. The van der Waals surface area contributed by atoms with Crippen LogP contribution in [0.15, 0.2) is 83.7 Å². The molecule has 0 aliphatic carbocycles. The summed E-state index contributed by atoms with van der Waals surface area (Å²) < 4.78 is 28.0. The highest BCUT2D eigenvalue weighted by Crippen LogP contribution is 2.27. The first-order valence-electron chi connectivity index (χ1n) is 10.1. The lowest BCUT2D eigenvalue weighted by atomic mass is 10.0. The normalized spacial score (nSPS) is 11.5. The Labute approximate surface area is 181 Å². The lowest BCUT2D eigenvalue weighted by Gasteiger charge is -2.13. The van der Waals surface area contributed by atoms with Crippen LogP contribution in [0.4, 0.5) is 5.69 Å². The van der Waals surface area contributed by atoms with Gasteiger partial charge >= 0.3 is 0 Å². The van der Waals surface area contributed by atoms with Crippen molar-refractivity contribution in [3.63, 3.8) is 0 Å². The van der Waals surface area contributed by atoms with E-state index in [1.807, 2.05) is 54.6 Å². The van der Waals surface area contributed by atoms with Gasteiger partial charge in [-0.1, -0.05) is 60.7 Å². The van der Waals surface area contributed by atoms with Crippen molar-refractivity contribution in [3.05, 3.63) is 94.8 Å². The van der Waals surface area contributed by atoms with Crippen molar-refractivity contribution >= 4 is 26.5 Å². The predicted molar refractivity (Wildman–Crippen MR) is 125 cm³/mol. The van der Waals surface area contributed by atoms with Gasteiger partial charge in [-0.2, -0.15) is 5.10 Å². The molecule has 0 radical (unpaired) electrons. The van der Waals surface area contributed by atoms with Gasteiger partial charge in [-0.25, -0.2) is 13.1 Å². The molecule has 158 valence electrons. The molecule has 0 unspecified atom stereocenters. The highest BCUT2D eigenvalue weighted by atomic mass is 32.2. The number of benzene rings is 3. The van der Waals surface area contributed by atoms with E-state index in [2.05, 4.69) is 9.82 Å². The Morgan fingerprint density at radius 3 is 2.35 bits per heavy atom. The van der Waals surface area contributed by atoms with Gasteiger partial charge in [0.2, 0.25) is 10.0 Å². The minimum absolute atomic E-state index is 0.0111. The number of hydrogen-bond donors (Lipinski definition) is 1. The summed E-state index contributed by atoms with van der Waals surface area (Å²) in [4.78, 5) is 13.0. The number of nitrogens with one attached hydrogen (secondary N) is 1. The largest absolute Gasteiger partial charge is 0.284 e. The molecule has 4 aromatic rings. The maximum absolute atomic E-state index is 13.0. The van der Waals surface area contributed by atoms with Gasteiger partial charge in [-0.05, 0) is 37.1 Å². The van der Waals surface area contributed by atoms with Crippen LogP contribution in [-0.4, -0.2) is 24.0 Å². The van der Waals surface area contributed by atoms with Gasteiger partial charge in [-0.15, -0.1) is 0 Å². The zero-order valence-corrected chi connectivity index (χ0v) is 18.0. The van der Waals surface area contributed by atoms with Crippen molar-refractivity contribution < 1.29 is 8.42 Å². The first kappa shape index (κ1) is 20.8. The first-order valence-corrected chi connectivity index (χ1v) is 11.8. The van der Waals surface area contributed by atoms with Crippen LogP contribution in [0.1, 0.15) is 12.5 Å². The number of anilines is 1. The van der Waals surface area contributed by atoms with Crippen molar-refractivity contribution in [1.82, 2.24) is 9.78 Å². The van der Waals surface area contributed by atoms with Crippen molar-refractivity contribution in [2.24, 2.45) is 0 Å². The molecule has 3 aromatic carbocycles. The Morgan fingerprint density at radius 2 is 1.61 bits per heavy atom. The molecule has 0 aliphatic rings. The van der Waals surface area contributed by atoms with E-state index < -0.39 is 10.0 Å². The average Bonchev–Trinajstić information content (AvgIpc) is 2.79. The van der Waals surface area contributed by atoms with E-state index in [1.165, 1.54) is 4.68 Å². The molecule has 0 saturated carbocycles. The Morgan fingerprint density at radius 1 is 0.903 bits per heavy atom. The molecule has 31 heavy (non-hydrogen) atoms. The maximum atomic E-state index is 13.0. The second-order valence-electron chi connectivity index (χ2n) is 7.24. The van der Waals surface area contributed by atoms with Crippen LogP contribution in [0.25, 0.3) is 22.0 Å². The number of rotatable bonds is 7. The van der Waals surface area contributed by atoms with Gasteiger partial charge in [0.25, 0.3) is 5.56 Å². The second-order valence-corrected chi connectivity index (χ2v) is 9.26. The maximum Gasteiger partial charge on any atom is 0.274 e. The van der Waals surface area contributed by atoms with Crippen LogP contribution < -0.4 is 10.3 Å². The molecular weight excluding hydrogens is 410 g/mol. The number of sulfonamides is 1. The van der Waals surface area contributed by atoms with Crippen LogP contribution >= 0.6 is 0 Å². The molecule has 0 aliphatic heterocycles. The summed E-state index contributed by atoms with van der Waals surface area (Å²) in [6, 6.07) is 24.4. The molecule has 1 N–H and O–H groups in total. The average molecular weight is 434 g/mol. The van der Waals surface area contributed by atoms with Gasteiger partial charge in [0.15, 0.2) is 0 Å². The van der Waals surface area contributed by atoms with Gasteiger partial charge < -0.3 is 0 Å². The van der Waals surface area contributed by atoms with E-state index in [0.29, 0.717) is 29.7 Å². The fraction of sp³-hybridized carbons (Fsp3) is 0.167. The minimum atomic E-state index is -3.39. The fourth-order valence-electron chi connectivity index (χ4n) is 3.46. The lowest BCUT2D eigenvalue weighted by Crippen LogP contribution is -2.24. The second kappa shape index (κ2) is 8.73. The van der Waals surface area contributed by atoms with Crippen molar-refractivity contribution in [2.45, 2.75) is 19.9 Å². The van der Waals surface area contributed by atoms with E-state index >= 15 is 0 Å². The van der Waals surface area contributed by atoms with E-state index in [-0.39, 0.29) is 11.3 Å². The smallest absolute Gasteiger partial charge is 0.274 e. The highest BCUT2D eigenvalue weighted by Gasteiger charge is 2.14. The van der Waals surface area contributed by atoms with E-state index in [9.17, 15) is 13.2 Å². The highest BCUT2D eigenvalue weighted by molar-refractivity contribution is 7.92. The number of hydrogen-bond acceptors (Lipinski definition) is 4. The molecule has 0 atom stereocenters. The Bertz CT molecular complexity index is 1380.